The smallest absolute Gasteiger partial charge is 0.0914 e. The molecular formula is C17H29N3O. The van der Waals surface area contributed by atoms with Crippen molar-refractivity contribution in [3.63, 3.8) is 0 Å². The zero-order chi connectivity index (χ0) is 14.5. The molecule has 0 saturated heterocycles. The molecule has 0 unspecified atom stereocenters. The number of aromatic nitrogens is 2. The first kappa shape index (κ1) is 15.0. The molecule has 4 heteroatoms. The Bertz CT molecular complexity index is 431. The van der Waals surface area contributed by atoms with Crippen LogP contribution in [0.5, 0.6) is 0 Å². The Morgan fingerprint density at radius 2 is 1.86 bits per heavy atom. The summed E-state index contributed by atoms with van der Waals surface area (Å²) in [5.41, 5.74) is 6.94. The average Bonchev–Trinajstić information content (AvgIpc) is 3.04. The molecule has 0 aliphatic heterocycles. The summed E-state index contributed by atoms with van der Waals surface area (Å²) in [4.78, 5) is 0. The first-order valence-corrected chi connectivity index (χ1v) is 8.69. The fourth-order valence-electron chi connectivity index (χ4n) is 3.83. The summed E-state index contributed by atoms with van der Waals surface area (Å²) >= 11 is 0. The van der Waals surface area contributed by atoms with Crippen molar-refractivity contribution >= 4 is 0 Å². The Labute approximate surface area is 128 Å². The van der Waals surface area contributed by atoms with E-state index < -0.39 is 0 Å². The first-order chi connectivity index (χ1) is 10.3. The first-order valence-electron chi connectivity index (χ1n) is 8.69. The summed E-state index contributed by atoms with van der Waals surface area (Å²) in [6, 6.07) is 2.72. The van der Waals surface area contributed by atoms with Crippen molar-refractivity contribution in [2.24, 2.45) is 5.73 Å². The second-order valence-electron chi connectivity index (χ2n) is 6.82. The summed E-state index contributed by atoms with van der Waals surface area (Å²) in [5.74, 6) is 0. The predicted octanol–water partition coefficient (Wildman–Crippen LogP) is 3.57. The number of hydrogen-bond acceptors (Lipinski definition) is 3. The molecule has 0 atom stereocenters. The molecule has 2 saturated carbocycles. The lowest BCUT2D eigenvalue weighted by Crippen LogP contribution is -2.42. The lowest BCUT2D eigenvalue weighted by molar-refractivity contribution is -0.0746. The largest absolute Gasteiger partial charge is 0.367 e. The molecule has 1 aromatic heterocycles. The summed E-state index contributed by atoms with van der Waals surface area (Å²) in [6.07, 6.45) is 14.8. The molecule has 2 aliphatic rings. The zero-order valence-corrected chi connectivity index (χ0v) is 13.1. The molecule has 1 aromatic rings. The highest BCUT2D eigenvalue weighted by atomic mass is 16.5. The summed E-state index contributed by atoms with van der Waals surface area (Å²) in [6.45, 7) is 1.24. The lowest BCUT2D eigenvalue weighted by Gasteiger charge is -2.36. The highest BCUT2D eigenvalue weighted by molar-refractivity contribution is 4.99. The van der Waals surface area contributed by atoms with E-state index in [1.807, 2.05) is 0 Å². The van der Waals surface area contributed by atoms with Gasteiger partial charge in [-0.05, 0) is 31.7 Å². The van der Waals surface area contributed by atoms with Crippen molar-refractivity contribution in [1.82, 2.24) is 9.78 Å². The van der Waals surface area contributed by atoms with Gasteiger partial charge in [0, 0.05) is 12.7 Å². The van der Waals surface area contributed by atoms with Gasteiger partial charge < -0.3 is 10.5 Å². The van der Waals surface area contributed by atoms with Crippen LogP contribution in [0.1, 0.15) is 75.9 Å². The summed E-state index contributed by atoms with van der Waals surface area (Å²) in [7, 11) is 0. The number of hydrogen-bond donors (Lipinski definition) is 1. The zero-order valence-electron chi connectivity index (χ0n) is 13.1. The molecule has 2 fully saturated rings. The fraction of sp³-hybridized carbons (Fsp3) is 0.824. The Morgan fingerprint density at radius 3 is 2.57 bits per heavy atom. The Kier molecular flexibility index (Phi) is 4.96. The van der Waals surface area contributed by atoms with E-state index in [9.17, 15) is 0 Å². The van der Waals surface area contributed by atoms with Crippen molar-refractivity contribution in [3.05, 3.63) is 18.0 Å². The fourth-order valence-corrected chi connectivity index (χ4v) is 3.83. The van der Waals surface area contributed by atoms with Gasteiger partial charge in [-0.3, -0.25) is 4.68 Å². The van der Waals surface area contributed by atoms with Crippen molar-refractivity contribution in [3.8, 4) is 0 Å². The molecule has 1 heterocycles. The van der Waals surface area contributed by atoms with Crippen LogP contribution in [0.15, 0.2) is 12.3 Å². The second kappa shape index (κ2) is 6.93. The van der Waals surface area contributed by atoms with Gasteiger partial charge in [0.05, 0.1) is 23.9 Å². The molecule has 118 valence electrons. The van der Waals surface area contributed by atoms with Crippen LogP contribution in [0.2, 0.25) is 0 Å². The minimum atomic E-state index is -0.0904. The molecule has 3 rings (SSSR count). The normalized spacial score (nSPS) is 23.3. The van der Waals surface area contributed by atoms with Gasteiger partial charge >= 0.3 is 0 Å². The van der Waals surface area contributed by atoms with Crippen molar-refractivity contribution in [2.45, 2.75) is 82.5 Å². The van der Waals surface area contributed by atoms with Gasteiger partial charge in [0.1, 0.15) is 0 Å². The Balaban J connectivity index is 1.56. The van der Waals surface area contributed by atoms with Gasteiger partial charge in [0.2, 0.25) is 0 Å². The Morgan fingerprint density at radius 1 is 1.14 bits per heavy atom. The van der Waals surface area contributed by atoms with E-state index in [0.29, 0.717) is 19.2 Å². The molecule has 0 bridgehead atoms. The summed E-state index contributed by atoms with van der Waals surface area (Å²) < 4.78 is 8.37. The third kappa shape index (κ3) is 3.67. The van der Waals surface area contributed by atoms with Gasteiger partial charge in [0.25, 0.3) is 0 Å². The van der Waals surface area contributed by atoms with Crippen LogP contribution >= 0.6 is 0 Å². The molecule has 2 N–H and O–H groups in total. The minimum absolute atomic E-state index is 0.0904. The lowest BCUT2D eigenvalue weighted by atomic mass is 9.85. The van der Waals surface area contributed by atoms with Crippen LogP contribution in [0, 0.1) is 0 Å². The van der Waals surface area contributed by atoms with Gasteiger partial charge in [-0.1, -0.05) is 38.5 Å². The third-order valence-electron chi connectivity index (χ3n) is 5.28. The quantitative estimate of drug-likeness (QED) is 0.902. The molecule has 2 aliphatic carbocycles. The number of rotatable bonds is 5. The maximum absolute atomic E-state index is 6.21. The molecule has 0 spiro atoms. The van der Waals surface area contributed by atoms with E-state index in [-0.39, 0.29) is 5.60 Å². The van der Waals surface area contributed by atoms with Gasteiger partial charge in [-0.2, -0.15) is 5.10 Å². The van der Waals surface area contributed by atoms with E-state index in [1.165, 1.54) is 51.4 Å². The standard InChI is InChI=1S/C17H29N3O/c18-14-17(10-5-2-6-11-17)21-13-15-9-12-20(19-15)16-7-3-1-4-8-16/h9,12,16H,1-8,10-11,13-14,18H2. The van der Waals surface area contributed by atoms with Gasteiger partial charge in [-0.25, -0.2) is 0 Å². The molecule has 0 amide bonds. The van der Waals surface area contributed by atoms with Gasteiger partial charge in [0.15, 0.2) is 0 Å². The highest BCUT2D eigenvalue weighted by Gasteiger charge is 2.31. The molecular weight excluding hydrogens is 262 g/mol. The van der Waals surface area contributed by atoms with Crippen molar-refractivity contribution in [2.75, 3.05) is 6.54 Å². The number of ether oxygens (including phenoxy) is 1. The third-order valence-corrected chi connectivity index (χ3v) is 5.28. The van der Waals surface area contributed by atoms with Crippen LogP contribution in [-0.4, -0.2) is 21.9 Å². The highest BCUT2D eigenvalue weighted by Crippen LogP contribution is 2.32. The van der Waals surface area contributed by atoms with Crippen molar-refractivity contribution < 1.29 is 4.74 Å². The maximum atomic E-state index is 6.21. The van der Waals surface area contributed by atoms with Crippen LogP contribution in [0.3, 0.4) is 0 Å². The van der Waals surface area contributed by atoms with E-state index in [4.69, 9.17) is 15.6 Å². The Hall–Kier alpha value is -0.870. The molecule has 21 heavy (non-hydrogen) atoms. The minimum Gasteiger partial charge on any atom is -0.367 e. The molecule has 0 radical (unpaired) electrons. The summed E-state index contributed by atoms with van der Waals surface area (Å²) in [5, 5.41) is 4.73. The van der Waals surface area contributed by atoms with Crippen LogP contribution in [0.25, 0.3) is 0 Å². The van der Waals surface area contributed by atoms with Crippen LogP contribution in [0.4, 0.5) is 0 Å². The van der Waals surface area contributed by atoms with Crippen molar-refractivity contribution in [1.29, 1.82) is 0 Å². The topological polar surface area (TPSA) is 53.1 Å². The number of nitrogens with two attached hydrogens (primary N) is 1. The SMILES string of the molecule is NCC1(OCc2ccn(C3CCCCC3)n2)CCCCC1. The average molecular weight is 291 g/mol. The monoisotopic (exact) mass is 291 g/mol. The van der Waals surface area contributed by atoms with Crippen LogP contribution in [-0.2, 0) is 11.3 Å². The van der Waals surface area contributed by atoms with E-state index in [1.54, 1.807) is 0 Å². The van der Waals surface area contributed by atoms with Crippen LogP contribution < -0.4 is 5.73 Å². The molecule has 4 nitrogen and oxygen atoms in total. The number of nitrogens with zero attached hydrogens (tertiary/aromatic N) is 2. The maximum Gasteiger partial charge on any atom is 0.0914 e. The van der Waals surface area contributed by atoms with E-state index in [0.717, 1.165) is 18.5 Å². The van der Waals surface area contributed by atoms with E-state index >= 15 is 0 Å². The van der Waals surface area contributed by atoms with E-state index in [2.05, 4.69) is 16.9 Å². The molecule has 0 aromatic carbocycles. The second-order valence-corrected chi connectivity index (χ2v) is 6.82. The predicted molar refractivity (Wildman–Crippen MR) is 84.0 cm³/mol. The van der Waals surface area contributed by atoms with Gasteiger partial charge in [-0.15, -0.1) is 0 Å².